The number of fused-ring (bicyclic) bond motifs is 2. The highest BCUT2D eigenvalue weighted by molar-refractivity contribution is 5.96. The molecule has 0 saturated carbocycles. The van der Waals surface area contributed by atoms with E-state index in [4.69, 9.17) is 4.74 Å². The van der Waals surface area contributed by atoms with Crippen LogP contribution in [0, 0.1) is 0 Å². The maximum Gasteiger partial charge on any atom is 0.416 e. The molecule has 2 aromatic heterocycles. The highest BCUT2D eigenvalue weighted by Crippen LogP contribution is 2.35. The van der Waals surface area contributed by atoms with Crippen LogP contribution in [0.3, 0.4) is 0 Å². The molecule has 4 aromatic rings. The highest BCUT2D eigenvalue weighted by Gasteiger charge is 2.32. The van der Waals surface area contributed by atoms with Crippen molar-refractivity contribution in [2.45, 2.75) is 44.3 Å². The van der Waals surface area contributed by atoms with Gasteiger partial charge >= 0.3 is 6.18 Å². The summed E-state index contributed by atoms with van der Waals surface area (Å²) in [6.07, 6.45) is 2.82. The number of amides is 2. The Morgan fingerprint density at radius 2 is 1.93 bits per heavy atom. The number of anilines is 1. The van der Waals surface area contributed by atoms with E-state index in [-0.39, 0.29) is 23.1 Å². The molecule has 210 valence electrons. The van der Waals surface area contributed by atoms with Gasteiger partial charge in [0, 0.05) is 48.6 Å². The van der Waals surface area contributed by atoms with Gasteiger partial charge < -0.3 is 19.9 Å². The van der Waals surface area contributed by atoms with Gasteiger partial charge in [-0.25, -0.2) is 9.97 Å². The minimum Gasteiger partial charge on any atom is -0.457 e. The van der Waals surface area contributed by atoms with Crippen LogP contribution in [0.25, 0.3) is 11.3 Å². The molecule has 2 aliphatic rings. The molecule has 41 heavy (non-hydrogen) atoms. The molecule has 0 radical (unpaired) electrons. The summed E-state index contributed by atoms with van der Waals surface area (Å²) < 4.78 is 48.8. The van der Waals surface area contributed by atoms with E-state index >= 15 is 0 Å². The Labute approximate surface area is 233 Å². The van der Waals surface area contributed by atoms with Crippen LogP contribution < -0.4 is 15.4 Å². The third kappa shape index (κ3) is 5.65. The van der Waals surface area contributed by atoms with Crippen LogP contribution in [0.4, 0.5) is 19.0 Å². The molecule has 1 aliphatic carbocycles. The zero-order chi connectivity index (χ0) is 28.7. The molecular weight excluding hydrogens is 535 g/mol. The molecule has 11 heteroatoms. The first-order chi connectivity index (χ1) is 19.6. The third-order valence-corrected chi connectivity index (χ3v) is 7.37. The van der Waals surface area contributed by atoms with Gasteiger partial charge in [0.05, 0.1) is 17.6 Å². The van der Waals surface area contributed by atoms with E-state index in [1.165, 1.54) is 12.4 Å². The van der Waals surface area contributed by atoms with Gasteiger partial charge in [-0.15, -0.1) is 0 Å². The molecule has 1 aliphatic heterocycles. The summed E-state index contributed by atoms with van der Waals surface area (Å²) in [5.74, 6) is 1.07. The van der Waals surface area contributed by atoms with Gasteiger partial charge in [0.1, 0.15) is 17.3 Å². The fourth-order valence-corrected chi connectivity index (χ4v) is 5.30. The Morgan fingerprint density at radius 3 is 2.71 bits per heavy atom. The fraction of sp³-hybridized carbons (Fsp3) is 0.267. The molecule has 0 bridgehead atoms. The zero-order valence-corrected chi connectivity index (χ0v) is 22.1. The molecule has 2 amide bonds. The van der Waals surface area contributed by atoms with E-state index in [1.54, 1.807) is 30.1 Å². The van der Waals surface area contributed by atoms with Gasteiger partial charge in [-0.1, -0.05) is 6.07 Å². The van der Waals surface area contributed by atoms with Crippen molar-refractivity contribution in [2.75, 3.05) is 5.32 Å². The van der Waals surface area contributed by atoms with Crippen LogP contribution in [0.2, 0.25) is 0 Å². The van der Waals surface area contributed by atoms with Crippen molar-refractivity contribution in [3.63, 3.8) is 0 Å². The number of carbonyl (C=O) groups excluding carboxylic acids is 2. The quantitative estimate of drug-likeness (QED) is 0.337. The number of aromatic nitrogens is 3. The second-order valence-electron chi connectivity index (χ2n) is 10.4. The molecule has 8 nitrogen and oxygen atoms in total. The van der Waals surface area contributed by atoms with Crippen LogP contribution in [0.5, 0.6) is 11.5 Å². The van der Waals surface area contributed by atoms with Crippen LogP contribution in [0.1, 0.15) is 45.5 Å². The number of pyridine rings is 1. The largest absolute Gasteiger partial charge is 0.457 e. The number of nitrogens with zero attached hydrogens (tertiary/aromatic N) is 3. The maximum atomic E-state index is 13.7. The number of halogens is 3. The molecule has 0 unspecified atom stereocenters. The Balaban J connectivity index is 1.20. The lowest BCUT2D eigenvalue weighted by Gasteiger charge is -2.26. The number of alkyl halides is 3. The van der Waals surface area contributed by atoms with E-state index in [2.05, 4.69) is 20.6 Å². The van der Waals surface area contributed by atoms with E-state index in [0.717, 1.165) is 28.8 Å². The lowest BCUT2D eigenvalue weighted by atomic mass is 9.88. The van der Waals surface area contributed by atoms with E-state index in [0.29, 0.717) is 55.1 Å². The smallest absolute Gasteiger partial charge is 0.416 e. The number of nitrogens with one attached hydrogen (secondary N) is 2. The average molecular weight is 562 g/mol. The SMILES string of the molecule is Cn1cnc(-c2cc(C(=O)N[C@@H]3CCc4ccc(Oc5ccnc6c5CCC(=O)N6)cc4C3)cc(C(F)(F)F)c2)c1. The molecule has 1 atom stereocenters. The van der Waals surface area contributed by atoms with Crippen molar-refractivity contribution >= 4 is 17.6 Å². The predicted octanol–water partition coefficient (Wildman–Crippen LogP) is 5.47. The number of imidazole rings is 1. The molecular formula is C30H26F3N5O3. The molecule has 0 fully saturated rings. The Kier molecular flexibility index (Phi) is 6.72. The first kappa shape index (κ1) is 26.5. The molecule has 3 heterocycles. The first-order valence-electron chi connectivity index (χ1n) is 13.2. The Bertz CT molecular complexity index is 1660. The van der Waals surface area contributed by atoms with E-state index in [1.807, 2.05) is 18.2 Å². The Morgan fingerprint density at radius 1 is 1.07 bits per heavy atom. The van der Waals surface area contributed by atoms with Crippen molar-refractivity contribution in [3.05, 3.63) is 89.0 Å². The normalized spacial score (nSPS) is 16.4. The van der Waals surface area contributed by atoms with E-state index in [9.17, 15) is 22.8 Å². The van der Waals surface area contributed by atoms with Crippen LogP contribution in [-0.4, -0.2) is 32.4 Å². The van der Waals surface area contributed by atoms with Gasteiger partial charge in [0.2, 0.25) is 5.91 Å². The summed E-state index contributed by atoms with van der Waals surface area (Å²) >= 11 is 0. The van der Waals surface area contributed by atoms with Gasteiger partial charge in [0.15, 0.2) is 0 Å². The van der Waals surface area contributed by atoms with Gasteiger partial charge in [-0.05, 0) is 73.2 Å². The van der Waals surface area contributed by atoms with Crippen molar-refractivity contribution in [1.29, 1.82) is 0 Å². The second-order valence-corrected chi connectivity index (χ2v) is 10.4. The molecule has 2 N–H and O–H groups in total. The van der Waals surface area contributed by atoms with Crippen LogP contribution >= 0.6 is 0 Å². The number of rotatable bonds is 5. The number of hydrogen-bond acceptors (Lipinski definition) is 5. The van der Waals surface area contributed by atoms with Crippen LogP contribution in [0.15, 0.2) is 61.2 Å². The number of carbonyl (C=O) groups is 2. The highest BCUT2D eigenvalue weighted by atomic mass is 19.4. The second kappa shape index (κ2) is 10.4. The lowest BCUT2D eigenvalue weighted by Crippen LogP contribution is -2.39. The number of hydrogen-bond donors (Lipinski definition) is 2. The van der Waals surface area contributed by atoms with Gasteiger partial charge in [0.25, 0.3) is 5.91 Å². The van der Waals surface area contributed by atoms with Crippen molar-refractivity contribution < 1.29 is 27.5 Å². The number of ether oxygens (including phenoxy) is 1. The molecule has 0 saturated heterocycles. The van der Waals surface area contributed by atoms with Crippen molar-refractivity contribution in [2.24, 2.45) is 7.05 Å². The number of benzene rings is 2. The van der Waals surface area contributed by atoms with Crippen molar-refractivity contribution in [1.82, 2.24) is 19.9 Å². The molecule has 6 rings (SSSR count). The Hall–Kier alpha value is -4.67. The summed E-state index contributed by atoms with van der Waals surface area (Å²) in [7, 11) is 1.72. The van der Waals surface area contributed by atoms with Gasteiger partial charge in [-0.3, -0.25) is 9.59 Å². The minimum absolute atomic E-state index is 0.0714. The predicted molar refractivity (Wildman–Crippen MR) is 145 cm³/mol. The third-order valence-electron chi connectivity index (χ3n) is 7.37. The average Bonchev–Trinajstić information content (AvgIpc) is 3.38. The standard InChI is InChI=1S/C30H26F3N5O3/c1-38-15-25(35-16-38)19-10-20(12-21(11-19)30(31,32)33)29(40)36-22-4-2-17-3-5-23(14-18(17)13-22)41-26-8-9-34-28-24(26)6-7-27(39)37-28/h3,5,8-12,14-16,22H,2,4,6-7,13H2,1H3,(H,36,40)(H,34,37,39)/t22-/m1/s1. The summed E-state index contributed by atoms with van der Waals surface area (Å²) in [5.41, 5.74) is 2.55. The fourth-order valence-electron chi connectivity index (χ4n) is 5.30. The minimum atomic E-state index is -4.61. The lowest BCUT2D eigenvalue weighted by molar-refractivity contribution is -0.137. The topological polar surface area (TPSA) is 98.1 Å². The zero-order valence-electron chi connectivity index (χ0n) is 22.1. The maximum absolute atomic E-state index is 13.7. The summed E-state index contributed by atoms with van der Waals surface area (Å²) in [6.45, 7) is 0. The summed E-state index contributed by atoms with van der Waals surface area (Å²) in [4.78, 5) is 33.3. The van der Waals surface area contributed by atoms with Crippen LogP contribution in [-0.2, 0) is 37.3 Å². The number of aryl methyl sites for hydroxylation is 2. The monoisotopic (exact) mass is 561 g/mol. The van der Waals surface area contributed by atoms with Crippen molar-refractivity contribution in [3.8, 4) is 22.8 Å². The van der Waals surface area contributed by atoms with E-state index < -0.39 is 17.6 Å². The molecule has 2 aromatic carbocycles. The molecule has 0 spiro atoms. The first-order valence-corrected chi connectivity index (χ1v) is 13.2. The summed E-state index contributed by atoms with van der Waals surface area (Å²) in [6, 6.07) is 10.6. The van der Waals surface area contributed by atoms with Gasteiger partial charge in [-0.2, -0.15) is 13.2 Å². The summed E-state index contributed by atoms with van der Waals surface area (Å²) in [5, 5.41) is 5.69.